The summed E-state index contributed by atoms with van der Waals surface area (Å²) in [6.45, 7) is 8.24. The summed E-state index contributed by atoms with van der Waals surface area (Å²) in [5.74, 6) is -0.0847. The van der Waals surface area contributed by atoms with Gasteiger partial charge in [-0.3, -0.25) is 9.59 Å². The zero-order valence-electron chi connectivity index (χ0n) is 19.0. The first-order chi connectivity index (χ1) is 15.8. The van der Waals surface area contributed by atoms with Gasteiger partial charge in [0.25, 0.3) is 11.8 Å². The van der Waals surface area contributed by atoms with E-state index in [1.807, 2.05) is 52.0 Å². The van der Waals surface area contributed by atoms with Gasteiger partial charge in [0, 0.05) is 10.7 Å². The van der Waals surface area contributed by atoms with Crippen LogP contribution in [0, 0.1) is 20.8 Å². The van der Waals surface area contributed by atoms with Crippen LogP contribution in [-0.2, 0) is 9.59 Å². The van der Waals surface area contributed by atoms with E-state index in [0.29, 0.717) is 39.9 Å². The van der Waals surface area contributed by atoms with Crippen LogP contribution in [0.15, 0.2) is 66.4 Å². The molecule has 0 aliphatic carbocycles. The first-order valence-electron chi connectivity index (χ1n) is 10.8. The largest absolute Gasteiger partial charge is 0.494 e. The molecule has 0 fully saturated rings. The van der Waals surface area contributed by atoms with Gasteiger partial charge in [0.1, 0.15) is 11.4 Å². The molecule has 0 saturated carbocycles. The molecule has 1 aliphatic rings. The molecule has 1 aliphatic heterocycles. The van der Waals surface area contributed by atoms with Crippen LogP contribution in [-0.4, -0.2) is 18.4 Å². The number of amides is 2. The van der Waals surface area contributed by atoms with Gasteiger partial charge in [-0.2, -0.15) is 0 Å². The van der Waals surface area contributed by atoms with Crippen molar-refractivity contribution in [2.24, 2.45) is 0 Å². The van der Waals surface area contributed by atoms with E-state index in [9.17, 15) is 9.59 Å². The van der Waals surface area contributed by atoms with Crippen LogP contribution >= 0.6 is 11.6 Å². The molecule has 3 aromatic rings. The van der Waals surface area contributed by atoms with Crippen molar-refractivity contribution < 1.29 is 14.3 Å². The maximum absolute atomic E-state index is 13.7. The lowest BCUT2D eigenvalue weighted by Gasteiger charge is -2.18. The molecular formula is C27H25ClN2O3. The number of anilines is 2. The molecular weight excluding hydrogens is 436 g/mol. The third-order valence-electron chi connectivity index (χ3n) is 5.59. The number of nitrogens with zero attached hydrogens (tertiary/aromatic N) is 1. The quantitative estimate of drug-likeness (QED) is 0.454. The van der Waals surface area contributed by atoms with Crippen LogP contribution < -0.4 is 15.0 Å². The Morgan fingerprint density at radius 3 is 2.27 bits per heavy atom. The topological polar surface area (TPSA) is 58.6 Å². The van der Waals surface area contributed by atoms with E-state index in [-0.39, 0.29) is 11.6 Å². The second-order valence-electron chi connectivity index (χ2n) is 8.03. The van der Waals surface area contributed by atoms with Gasteiger partial charge < -0.3 is 10.1 Å². The average Bonchev–Trinajstić information content (AvgIpc) is 3.01. The molecule has 0 bridgehead atoms. The van der Waals surface area contributed by atoms with E-state index in [1.54, 1.807) is 36.4 Å². The maximum Gasteiger partial charge on any atom is 0.282 e. The normalized spacial score (nSPS) is 13.7. The number of rotatable bonds is 6. The SMILES string of the molecule is CCOc1ccc(C2=C(Nc3cc(Cl)ccc3C)C(=O)N(c3ccc(C)cc3C)C2=O)cc1. The molecule has 5 nitrogen and oxygen atoms in total. The van der Waals surface area contributed by atoms with Crippen molar-refractivity contribution in [3.05, 3.63) is 93.6 Å². The zero-order chi connectivity index (χ0) is 23.7. The number of hydrogen-bond donors (Lipinski definition) is 1. The maximum atomic E-state index is 13.7. The van der Waals surface area contributed by atoms with E-state index >= 15 is 0 Å². The summed E-state index contributed by atoms with van der Waals surface area (Å²) in [7, 11) is 0. The van der Waals surface area contributed by atoms with Crippen molar-refractivity contribution in [1.29, 1.82) is 0 Å². The molecule has 168 valence electrons. The summed E-state index contributed by atoms with van der Waals surface area (Å²) in [5, 5.41) is 3.74. The lowest BCUT2D eigenvalue weighted by molar-refractivity contribution is -0.120. The Labute approximate surface area is 198 Å². The number of halogens is 1. The number of carbonyl (C=O) groups excluding carboxylic acids is 2. The van der Waals surface area contributed by atoms with Gasteiger partial charge in [-0.05, 0) is 74.7 Å². The smallest absolute Gasteiger partial charge is 0.282 e. The lowest BCUT2D eigenvalue weighted by atomic mass is 10.0. The Bertz CT molecular complexity index is 1280. The second kappa shape index (κ2) is 9.12. The molecule has 0 unspecified atom stereocenters. The minimum Gasteiger partial charge on any atom is -0.494 e. The second-order valence-corrected chi connectivity index (χ2v) is 8.46. The summed E-state index contributed by atoms with van der Waals surface area (Å²) >= 11 is 6.20. The number of aryl methyl sites for hydroxylation is 3. The van der Waals surface area contributed by atoms with E-state index < -0.39 is 5.91 Å². The molecule has 33 heavy (non-hydrogen) atoms. The number of benzene rings is 3. The van der Waals surface area contributed by atoms with Crippen molar-refractivity contribution in [2.45, 2.75) is 27.7 Å². The first-order valence-corrected chi connectivity index (χ1v) is 11.1. The van der Waals surface area contributed by atoms with Crippen LogP contribution in [0.4, 0.5) is 11.4 Å². The van der Waals surface area contributed by atoms with Crippen LogP contribution in [0.3, 0.4) is 0 Å². The van der Waals surface area contributed by atoms with Gasteiger partial charge in [-0.15, -0.1) is 0 Å². The monoisotopic (exact) mass is 460 g/mol. The fraction of sp³-hybridized carbons (Fsp3) is 0.185. The predicted octanol–water partition coefficient (Wildman–Crippen LogP) is 6.06. The van der Waals surface area contributed by atoms with E-state index in [4.69, 9.17) is 16.3 Å². The Morgan fingerprint density at radius 1 is 0.879 bits per heavy atom. The highest BCUT2D eigenvalue weighted by Gasteiger charge is 2.41. The first kappa shape index (κ1) is 22.6. The molecule has 1 N–H and O–H groups in total. The van der Waals surface area contributed by atoms with E-state index in [0.717, 1.165) is 16.7 Å². The summed E-state index contributed by atoms with van der Waals surface area (Å²) in [5.41, 5.74) is 5.21. The molecule has 0 aromatic heterocycles. The van der Waals surface area contributed by atoms with Crippen LogP contribution in [0.5, 0.6) is 5.75 Å². The Hall–Kier alpha value is -3.57. The molecule has 4 rings (SSSR count). The number of ether oxygens (including phenoxy) is 1. The summed E-state index contributed by atoms with van der Waals surface area (Å²) in [4.78, 5) is 28.5. The zero-order valence-corrected chi connectivity index (χ0v) is 19.8. The number of imide groups is 1. The highest BCUT2D eigenvalue weighted by molar-refractivity contribution is 6.46. The number of nitrogens with one attached hydrogen (secondary N) is 1. The third-order valence-corrected chi connectivity index (χ3v) is 5.83. The molecule has 0 saturated heterocycles. The molecule has 0 radical (unpaired) electrons. The standard InChI is InChI=1S/C27H25ClN2O3/c1-5-33-21-11-8-19(9-12-21)24-25(29-22-15-20(28)10-7-17(22)3)27(32)30(26(24)31)23-13-6-16(2)14-18(23)4/h6-15,29H,5H2,1-4H3. The van der Waals surface area contributed by atoms with Crippen molar-refractivity contribution in [3.63, 3.8) is 0 Å². The Balaban J connectivity index is 1.84. The number of hydrogen-bond acceptors (Lipinski definition) is 4. The fourth-order valence-electron chi connectivity index (χ4n) is 3.94. The van der Waals surface area contributed by atoms with E-state index in [1.165, 1.54) is 4.90 Å². The summed E-state index contributed by atoms with van der Waals surface area (Å²) < 4.78 is 5.53. The Morgan fingerprint density at radius 2 is 1.61 bits per heavy atom. The van der Waals surface area contributed by atoms with Gasteiger partial charge >= 0.3 is 0 Å². The number of carbonyl (C=O) groups is 2. The van der Waals surface area contributed by atoms with Gasteiger partial charge in [0.2, 0.25) is 0 Å². The third kappa shape index (κ3) is 4.37. The van der Waals surface area contributed by atoms with Crippen molar-refractivity contribution in [3.8, 4) is 5.75 Å². The van der Waals surface area contributed by atoms with Crippen LogP contribution in [0.1, 0.15) is 29.2 Å². The van der Waals surface area contributed by atoms with Gasteiger partial charge in [0.15, 0.2) is 0 Å². The van der Waals surface area contributed by atoms with Gasteiger partial charge in [-0.25, -0.2) is 4.90 Å². The highest BCUT2D eigenvalue weighted by atomic mass is 35.5. The highest BCUT2D eigenvalue weighted by Crippen LogP contribution is 2.36. The van der Waals surface area contributed by atoms with Gasteiger partial charge in [-0.1, -0.05) is 47.5 Å². The van der Waals surface area contributed by atoms with Crippen molar-refractivity contribution in [2.75, 3.05) is 16.8 Å². The lowest BCUT2D eigenvalue weighted by Crippen LogP contribution is -2.33. The average molecular weight is 461 g/mol. The minimum atomic E-state index is -0.407. The summed E-state index contributed by atoms with van der Waals surface area (Å²) in [6.07, 6.45) is 0. The van der Waals surface area contributed by atoms with Crippen molar-refractivity contribution >= 4 is 40.4 Å². The fourth-order valence-corrected chi connectivity index (χ4v) is 4.11. The van der Waals surface area contributed by atoms with Crippen LogP contribution in [0.2, 0.25) is 5.02 Å². The minimum absolute atomic E-state index is 0.217. The molecule has 6 heteroatoms. The molecule has 0 atom stereocenters. The Kier molecular flexibility index (Phi) is 6.25. The summed E-state index contributed by atoms with van der Waals surface area (Å²) in [6, 6.07) is 18.2. The van der Waals surface area contributed by atoms with Gasteiger partial charge in [0.05, 0.1) is 17.9 Å². The van der Waals surface area contributed by atoms with Crippen LogP contribution in [0.25, 0.3) is 5.57 Å². The molecule has 2 amide bonds. The van der Waals surface area contributed by atoms with E-state index in [2.05, 4.69) is 5.32 Å². The molecule has 0 spiro atoms. The van der Waals surface area contributed by atoms with Crippen molar-refractivity contribution in [1.82, 2.24) is 0 Å². The molecule has 1 heterocycles. The molecule has 3 aromatic carbocycles. The predicted molar refractivity (Wildman–Crippen MR) is 133 cm³/mol.